The Balaban J connectivity index is 0.00000225. The Morgan fingerprint density at radius 3 is 2.57 bits per heavy atom. The molecule has 0 saturated heterocycles. The Kier molecular flexibility index (Phi) is 5.16. The quantitative estimate of drug-likeness (QED) is 0.592. The zero-order valence-electron chi connectivity index (χ0n) is 14.2. The first-order chi connectivity index (χ1) is 13.0. The third kappa shape index (κ3) is 3.02. The van der Waals surface area contributed by atoms with Crippen LogP contribution < -0.4 is 20.8 Å². The molecule has 0 spiro atoms. The van der Waals surface area contributed by atoms with Gasteiger partial charge in [-0.15, -0.1) is 0 Å². The maximum absolute atomic E-state index is 12.8. The second kappa shape index (κ2) is 7.41. The van der Waals surface area contributed by atoms with Gasteiger partial charge < -0.3 is 19.6 Å². The van der Waals surface area contributed by atoms with Crippen molar-refractivity contribution in [3.63, 3.8) is 0 Å². The van der Waals surface area contributed by atoms with Crippen molar-refractivity contribution in [2.75, 3.05) is 7.11 Å². The molecule has 1 aliphatic rings. The number of methoxy groups -OCH3 is 1. The monoisotopic (exact) mass is 440 g/mol. The fourth-order valence-corrected chi connectivity index (χ4v) is 3.48. The van der Waals surface area contributed by atoms with Crippen molar-refractivity contribution in [1.29, 1.82) is 5.26 Å². The maximum Gasteiger partial charge on any atom is 0.344 e. The van der Waals surface area contributed by atoms with E-state index in [1.165, 1.54) is 0 Å². The number of hydrogen-bond donors (Lipinski definition) is 1. The van der Waals surface area contributed by atoms with Gasteiger partial charge in [0.25, 0.3) is 0 Å². The summed E-state index contributed by atoms with van der Waals surface area (Å²) in [6, 6.07) is 14.4. The molecule has 2 heterocycles. The summed E-state index contributed by atoms with van der Waals surface area (Å²) in [6.07, 6.45) is 0. The second-order valence-electron chi connectivity index (χ2n) is 5.97. The van der Waals surface area contributed by atoms with Gasteiger partial charge >= 0.3 is 5.63 Å². The normalized spacial score (nSPS) is 15.2. The van der Waals surface area contributed by atoms with Gasteiger partial charge in [-0.1, -0.05) is 35.5 Å². The highest BCUT2D eigenvalue weighted by molar-refractivity contribution is 9.10. The van der Waals surface area contributed by atoms with Crippen molar-refractivity contribution in [2.24, 2.45) is 5.73 Å². The number of ether oxygens (including phenoxy) is 2. The lowest BCUT2D eigenvalue weighted by atomic mass is 9.84. The Morgan fingerprint density at radius 1 is 1.21 bits per heavy atom. The predicted octanol–water partition coefficient (Wildman–Crippen LogP) is 4.42. The molecule has 4 rings (SSSR count). The summed E-state index contributed by atoms with van der Waals surface area (Å²) < 4.78 is 17.3. The first kappa shape index (κ1) is 19.5. The van der Waals surface area contributed by atoms with Crippen LogP contribution >= 0.6 is 15.9 Å². The summed E-state index contributed by atoms with van der Waals surface area (Å²) in [5, 5.41) is 10.2. The Labute approximate surface area is 169 Å². The minimum absolute atomic E-state index is 0. The van der Waals surface area contributed by atoms with E-state index in [0.717, 1.165) is 10.0 Å². The zero-order chi connectivity index (χ0) is 19.1. The van der Waals surface area contributed by atoms with E-state index in [9.17, 15) is 10.1 Å². The van der Waals surface area contributed by atoms with Crippen LogP contribution in [0, 0.1) is 11.3 Å². The lowest BCUT2D eigenvalue weighted by Gasteiger charge is -2.26. The number of nitrogens with zero attached hydrogens (tertiary/aromatic N) is 1. The van der Waals surface area contributed by atoms with Gasteiger partial charge in [0.1, 0.15) is 23.0 Å². The minimum Gasteiger partial charge on any atom is -0.497 e. The molecule has 7 heteroatoms. The van der Waals surface area contributed by atoms with Gasteiger partial charge in [0.15, 0.2) is 5.75 Å². The summed E-state index contributed by atoms with van der Waals surface area (Å²) in [5.41, 5.74) is 6.95. The van der Waals surface area contributed by atoms with Gasteiger partial charge in [-0.25, -0.2) is 4.79 Å². The van der Waals surface area contributed by atoms with E-state index in [4.69, 9.17) is 19.6 Å². The topological polar surface area (TPSA) is 98.5 Å². The first-order valence-corrected chi connectivity index (χ1v) is 8.80. The van der Waals surface area contributed by atoms with E-state index >= 15 is 0 Å². The molecule has 142 valence electrons. The molecule has 2 aromatic carbocycles. The van der Waals surface area contributed by atoms with Crippen LogP contribution in [0.5, 0.6) is 11.5 Å². The van der Waals surface area contributed by atoms with Crippen molar-refractivity contribution >= 4 is 26.9 Å². The van der Waals surface area contributed by atoms with Gasteiger partial charge in [-0.3, -0.25) is 0 Å². The molecular weight excluding hydrogens is 424 g/mol. The minimum atomic E-state index is -0.682. The lowest BCUT2D eigenvalue weighted by Crippen LogP contribution is -2.26. The van der Waals surface area contributed by atoms with E-state index < -0.39 is 11.5 Å². The molecule has 0 radical (unpaired) electrons. The summed E-state index contributed by atoms with van der Waals surface area (Å²) in [6.45, 7) is 0. The fraction of sp³-hybridized carbons (Fsp3) is 0.143. The number of rotatable bonds is 2. The maximum atomic E-state index is 12.8. The van der Waals surface area contributed by atoms with Gasteiger partial charge in [0.05, 0.1) is 24.0 Å². The van der Waals surface area contributed by atoms with Crippen LogP contribution in [0.4, 0.5) is 0 Å². The van der Waals surface area contributed by atoms with Crippen molar-refractivity contribution in [3.05, 3.63) is 79.9 Å². The van der Waals surface area contributed by atoms with Crippen LogP contribution in [-0.4, -0.2) is 7.11 Å². The molecule has 0 bridgehead atoms. The number of allylic oxidation sites excluding steroid dienone is 1. The number of halogens is 1. The summed E-state index contributed by atoms with van der Waals surface area (Å²) in [4.78, 5) is 12.8. The van der Waals surface area contributed by atoms with Gasteiger partial charge in [-0.05, 0) is 35.9 Å². The first-order valence-electron chi connectivity index (χ1n) is 8.01. The molecule has 0 aliphatic carbocycles. The summed E-state index contributed by atoms with van der Waals surface area (Å²) >= 11 is 3.39. The van der Waals surface area contributed by atoms with Crippen LogP contribution in [0.15, 0.2) is 67.6 Å². The molecule has 0 fully saturated rings. The van der Waals surface area contributed by atoms with Crippen LogP contribution in [0.2, 0.25) is 0 Å². The van der Waals surface area contributed by atoms with E-state index in [2.05, 4.69) is 22.0 Å². The predicted molar refractivity (Wildman–Crippen MR) is 109 cm³/mol. The van der Waals surface area contributed by atoms with Crippen molar-refractivity contribution in [3.8, 4) is 17.6 Å². The van der Waals surface area contributed by atoms with E-state index in [-0.39, 0.29) is 30.2 Å². The molecule has 3 aromatic rings. The third-order valence-corrected chi connectivity index (χ3v) is 5.01. The van der Waals surface area contributed by atoms with Crippen LogP contribution in [0.1, 0.15) is 24.5 Å². The summed E-state index contributed by atoms with van der Waals surface area (Å²) in [7, 11) is 1.54. The average Bonchev–Trinajstić information content (AvgIpc) is 2.67. The average molecular weight is 441 g/mol. The molecule has 28 heavy (non-hydrogen) atoms. The highest BCUT2D eigenvalue weighted by atomic mass is 79.9. The fourth-order valence-electron chi connectivity index (χ4n) is 3.21. The molecule has 1 atom stereocenters. The molecule has 1 unspecified atom stereocenters. The standard InChI is InChI=1S/C20H13BrN2O4.CH4/c1-25-12-6-7-15-13(8-12)18-17(20(24)26-15)16(14(9-22)19(23)27-18)10-2-4-11(21)5-3-10;/h2-8,16H,23H2,1H3;1H4. The van der Waals surface area contributed by atoms with Crippen molar-refractivity contribution < 1.29 is 13.9 Å². The van der Waals surface area contributed by atoms with Crippen molar-refractivity contribution in [1.82, 2.24) is 0 Å². The third-order valence-electron chi connectivity index (χ3n) is 4.48. The highest BCUT2D eigenvalue weighted by Crippen LogP contribution is 2.44. The smallest absolute Gasteiger partial charge is 0.344 e. The van der Waals surface area contributed by atoms with E-state index in [1.54, 1.807) is 25.3 Å². The van der Waals surface area contributed by atoms with Crippen LogP contribution in [-0.2, 0) is 0 Å². The molecule has 2 N–H and O–H groups in total. The number of nitrogens with two attached hydrogens (primary N) is 1. The molecular formula is C21H17BrN2O4. The van der Waals surface area contributed by atoms with Crippen molar-refractivity contribution in [2.45, 2.75) is 13.3 Å². The zero-order valence-corrected chi connectivity index (χ0v) is 15.7. The van der Waals surface area contributed by atoms with Crippen LogP contribution in [0.3, 0.4) is 0 Å². The number of fused-ring (bicyclic) bond motifs is 3. The second-order valence-corrected chi connectivity index (χ2v) is 6.89. The van der Waals surface area contributed by atoms with Gasteiger partial charge in [0.2, 0.25) is 5.88 Å². The molecule has 0 amide bonds. The number of nitriles is 1. The molecule has 1 aliphatic heterocycles. The summed E-state index contributed by atoms with van der Waals surface area (Å²) in [5.74, 6) is 0.145. The van der Waals surface area contributed by atoms with Gasteiger partial charge in [-0.2, -0.15) is 5.26 Å². The Morgan fingerprint density at radius 2 is 1.93 bits per heavy atom. The lowest BCUT2D eigenvalue weighted by molar-refractivity contribution is 0.386. The number of hydrogen-bond acceptors (Lipinski definition) is 6. The molecule has 1 aromatic heterocycles. The van der Waals surface area contributed by atoms with Gasteiger partial charge in [0, 0.05) is 4.47 Å². The largest absolute Gasteiger partial charge is 0.497 e. The Bertz CT molecular complexity index is 1190. The van der Waals surface area contributed by atoms with Crippen LogP contribution in [0.25, 0.3) is 11.0 Å². The molecule has 0 saturated carbocycles. The Hall–Kier alpha value is -3.24. The van der Waals surface area contributed by atoms with E-state index in [1.807, 2.05) is 24.3 Å². The van der Waals surface area contributed by atoms with E-state index in [0.29, 0.717) is 16.7 Å². The highest BCUT2D eigenvalue weighted by Gasteiger charge is 2.35. The SMILES string of the molecule is C.COc1ccc2oc(=O)c3c(c2c1)OC(N)=C(C#N)C3c1ccc(Br)cc1. The number of benzene rings is 2. The molecule has 6 nitrogen and oxygen atoms in total.